The van der Waals surface area contributed by atoms with Gasteiger partial charge in [0.1, 0.15) is 0 Å². The fraction of sp³-hybridized carbons (Fsp3) is 0.0667. The average Bonchev–Trinajstić information content (AvgIpc) is 2.54. The van der Waals surface area contributed by atoms with E-state index in [9.17, 15) is 18.0 Å². The van der Waals surface area contributed by atoms with E-state index < -0.39 is 21.7 Å². The normalized spacial score (nSPS) is 15.2. The van der Waals surface area contributed by atoms with E-state index in [0.29, 0.717) is 5.56 Å². The van der Waals surface area contributed by atoms with Gasteiger partial charge >= 0.3 is 5.97 Å². The van der Waals surface area contributed by atoms with Crippen molar-refractivity contribution in [1.29, 1.82) is 0 Å². The molecule has 2 N–H and O–H groups in total. The molecular formula is C15H11NO5S. The molecule has 6 nitrogen and oxygen atoms in total. The zero-order valence-corrected chi connectivity index (χ0v) is 12.3. The van der Waals surface area contributed by atoms with Crippen LogP contribution in [0, 0.1) is 6.92 Å². The Kier molecular flexibility index (Phi) is 3.03. The summed E-state index contributed by atoms with van der Waals surface area (Å²) in [6.07, 6.45) is 0. The maximum Gasteiger partial charge on any atom is 0.336 e. The molecule has 2 aromatic carbocycles. The third-order valence-electron chi connectivity index (χ3n) is 3.52. The molecular weight excluding hydrogens is 306 g/mol. The van der Waals surface area contributed by atoms with Gasteiger partial charge in [0.2, 0.25) is 9.84 Å². The molecule has 0 fully saturated rings. The quantitative estimate of drug-likeness (QED) is 0.839. The molecule has 0 spiro atoms. The van der Waals surface area contributed by atoms with E-state index in [1.54, 1.807) is 6.07 Å². The third kappa shape index (κ3) is 1.98. The summed E-state index contributed by atoms with van der Waals surface area (Å²) in [4.78, 5) is 23.2. The van der Waals surface area contributed by atoms with Crippen molar-refractivity contribution in [2.75, 3.05) is 5.32 Å². The van der Waals surface area contributed by atoms with Gasteiger partial charge in [-0.3, -0.25) is 4.79 Å². The van der Waals surface area contributed by atoms with Crippen molar-refractivity contribution in [1.82, 2.24) is 0 Å². The first-order valence-corrected chi connectivity index (χ1v) is 7.84. The van der Waals surface area contributed by atoms with Crippen molar-refractivity contribution in [2.45, 2.75) is 16.7 Å². The highest BCUT2D eigenvalue weighted by Crippen LogP contribution is 2.35. The summed E-state index contributed by atoms with van der Waals surface area (Å²) >= 11 is 0. The highest BCUT2D eigenvalue weighted by atomic mass is 32.2. The van der Waals surface area contributed by atoms with Crippen LogP contribution in [0.5, 0.6) is 0 Å². The number of nitrogens with one attached hydrogen (secondary N) is 1. The van der Waals surface area contributed by atoms with Crippen molar-refractivity contribution in [3.05, 3.63) is 53.1 Å². The number of fused-ring (bicyclic) bond motifs is 2. The van der Waals surface area contributed by atoms with E-state index in [0.717, 1.165) is 0 Å². The van der Waals surface area contributed by atoms with Crippen molar-refractivity contribution in [2.24, 2.45) is 0 Å². The molecule has 0 aliphatic carbocycles. The molecule has 1 heterocycles. The van der Waals surface area contributed by atoms with Gasteiger partial charge in [-0.15, -0.1) is 0 Å². The van der Waals surface area contributed by atoms with Crippen LogP contribution in [0.3, 0.4) is 0 Å². The molecule has 0 atom stereocenters. The average molecular weight is 317 g/mol. The Morgan fingerprint density at radius 1 is 1.14 bits per heavy atom. The van der Waals surface area contributed by atoms with E-state index in [4.69, 9.17) is 5.11 Å². The Labute approximate surface area is 126 Å². The lowest BCUT2D eigenvalue weighted by molar-refractivity contribution is 0.0695. The number of carbonyl (C=O) groups excluding carboxylic acids is 1. The van der Waals surface area contributed by atoms with E-state index in [1.165, 1.54) is 37.3 Å². The van der Waals surface area contributed by atoms with Crippen LogP contribution in [-0.2, 0) is 9.84 Å². The van der Waals surface area contributed by atoms with Crippen LogP contribution in [0.2, 0.25) is 0 Å². The lowest BCUT2D eigenvalue weighted by Gasteiger charge is -2.10. The number of amides is 1. The second-order valence-electron chi connectivity index (χ2n) is 4.92. The molecule has 0 unspecified atom stereocenters. The molecule has 0 aromatic heterocycles. The summed E-state index contributed by atoms with van der Waals surface area (Å²) < 4.78 is 25.5. The van der Waals surface area contributed by atoms with E-state index >= 15 is 0 Å². The van der Waals surface area contributed by atoms with Gasteiger partial charge in [0.15, 0.2) is 0 Å². The molecule has 2 aromatic rings. The number of anilines is 1. The molecule has 1 aliphatic rings. The number of rotatable bonds is 1. The van der Waals surface area contributed by atoms with Crippen LogP contribution >= 0.6 is 0 Å². The van der Waals surface area contributed by atoms with Gasteiger partial charge in [0.05, 0.1) is 26.6 Å². The van der Waals surface area contributed by atoms with Crippen LogP contribution in [-0.4, -0.2) is 25.4 Å². The summed E-state index contributed by atoms with van der Waals surface area (Å²) in [7, 11) is -3.91. The van der Waals surface area contributed by atoms with Crippen LogP contribution in [0.15, 0.2) is 46.2 Å². The summed E-state index contributed by atoms with van der Waals surface area (Å²) in [6.45, 7) is 1.51. The Hall–Kier alpha value is -2.67. The van der Waals surface area contributed by atoms with Crippen LogP contribution < -0.4 is 5.32 Å². The Morgan fingerprint density at radius 3 is 2.50 bits per heavy atom. The number of sulfone groups is 1. The first-order chi connectivity index (χ1) is 10.3. The Morgan fingerprint density at radius 2 is 1.82 bits per heavy atom. The number of carboxylic acid groups (broad SMARTS) is 1. The van der Waals surface area contributed by atoms with Gasteiger partial charge in [-0.25, -0.2) is 13.2 Å². The van der Waals surface area contributed by atoms with Gasteiger partial charge in [-0.2, -0.15) is 0 Å². The van der Waals surface area contributed by atoms with E-state index in [2.05, 4.69) is 5.32 Å². The first kappa shape index (κ1) is 14.3. The molecule has 7 heteroatoms. The molecule has 0 saturated heterocycles. The van der Waals surface area contributed by atoms with Crippen molar-refractivity contribution in [3.8, 4) is 0 Å². The standard InChI is InChI=1S/C15H11NO5S/c1-8-6-13-11(7-10(8)15(18)19)16-14(17)9-4-2-3-5-12(9)22(13,20)21/h2-7H,1H3,(H,16,17)(H,18,19). The zero-order valence-electron chi connectivity index (χ0n) is 11.5. The molecule has 22 heavy (non-hydrogen) atoms. The summed E-state index contributed by atoms with van der Waals surface area (Å²) in [5, 5.41) is 11.6. The molecule has 0 radical (unpaired) electrons. The van der Waals surface area contributed by atoms with Crippen LogP contribution in [0.1, 0.15) is 26.3 Å². The summed E-state index contributed by atoms with van der Waals surface area (Å²) in [6, 6.07) is 8.33. The van der Waals surface area contributed by atoms with Crippen LogP contribution in [0.25, 0.3) is 0 Å². The fourth-order valence-corrected chi connectivity index (χ4v) is 4.10. The minimum absolute atomic E-state index is 0.0239. The van der Waals surface area contributed by atoms with Gasteiger partial charge < -0.3 is 10.4 Å². The largest absolute Gasteiger partial charge is 0.478 e. The Bertz CT molecular complexity index is 931. The summed E-state index contributed by atoms with van der Waals surface area (Å²) in [5.41, 5.74) is 0.265. The van der Waals surface area contributed by atoms with Crippen LogP contribution in [0.4, 0.5) is 5.69 Å². The van der Waals surface area contributed by atoms with Crippen molar-refractivity contribution in [3.63, 3.8) is 0 Å². The highest BCUT2D eigenvalue weighted by molar-refractivity contribution is 7.91. The van der Waals surface area contributed by atoms with Crippen molar-refractivity contribution < 1.29 is 23.1 Å². The predicted molar refractivity (Wildman–Crippen MR) is 78.0 cm³/mol. The lowest BCUT2D eigenvalue weighted by Crippen LogP contribution is -2.12. The molecule has 1 amide bonds. The molecule has 3 rings (SSSR count). The predicted octanol–water partition coefficient (Wildman–Crippen LogP) is 2.09. The first-order valence-electron chi connectivity index (χ1n) is 6.36. The van der Waals surface area contributed by atoms with Gasteiger partial charge in [-0.1, -0.05) is 12.1 Å². The Balaban J connectivity index is 2.38. The number of aryl methyl sites for hydroxylation is 1. The van der Waals surface area contributed by atoms with Crippen molar-refractivity contribution >= 4 is 27.4 Å². The zero-order chi connectivity index (χ0) is 16.1. The number of hydrogen-bond donors (Lipinski definition) is 2. The van der Waals surface area contributed by atoms with Gasteiger partial charge in [-0.05, 0) is 36.8 Å². The number of carbonyl (C=O) groups is 2. The topological polar surface area (TPSA) is 101 Å². The maximum absolute atomic E-state index is 12.8. The number of benzene rings is 2. The second-order valence-corrected chi connectivity index (χ2v) is 6.81. The van der Waals surface area contributed by atoms with Gasteiger partial charge in [0.25, 0.3) is 5.91 Å². The molecule has 0 bridgehead atoms. The number of hydrogen-bond acceptors (Lipinski definition) is 4. The highest BCUT2D eigenvalue weighted by Gasteiger charge is 2.32. The van der Waals surface area contributed by atoms with Gasteiger partial charge in [0, 0.05) is 0 Å². The van der Waals surface area contributed by atoms with E-state index in [-0.39, 0.29) is 26.6 Å². The minimum Gasteiger partial charge on any atom is -0.478 e. The summed E-state index contributed by atoms with van der Waals surface area (Å²) in [5.74, 6) is -1.77. The number of aromatic carboxylic acids is 1. The molecule has 0 saturated carbocycles. The maximum atomic E-state index is 12.8. The molecule has 1 aliphatic heterocycles. The third-order valence-corrected chi connectivity index (χ3v) is 5.37. The fourth-order valence-electron chi connectivity index (χ4n) is 2.43. The smallest absolute Gasteiger partial charge is 0.336 e. The van der Waals surface area contributed by atoms with E-state index in [1.807, 2.05) is 0 Å². The second kappa shape index (κ2) is 4.67. The lowest BCUT2D eigenvalue weighted by atomic mass is 10.1. The molecule has 112 valence electrons. The minimum atomic E-state index is -3.91. The monoisotopic (exact) mass is 317 g/mol. The number of carboxylic acids is 1. The SMILES string of the molecule is Cc1cc2c(cc1C(=O)O)NC(=O)c1ccccc1S2(=O)=O.